The van der Waals surface area contributed by atoms with Gasteiger partial charge in [0.05, 0.1) is 11.5 Å². The van der Waals surface area contributed by atoms with Crippen molar-refractivity contribution in [1.82, 2.24) is 0 Å². The Morgan fingerprint density at radius 2 is 1.20 bits per heavy atom. The van der Waals surface area contributed by atoms with E-state index < -0.39 is 5.41 Å². The van der Waals surface area contributed by atoms with Crippen LogP contribution in [0.4, 0.5) is 5.69 Å². The molecule has 0 saturated carbocycles. The van der Waals surface area contributed by atoms with Gasteiger partial charge in [-0.05, 0) is 125 Å². The third-order valence-corrected chi connectivity index (χ3v) is 16.6. The molecule has 65 heavy (non-hydrogen) atoms. The minimum atomic E-state index is -0.492. The lowest BCUT2D eigenvalue weighted by atomic mass is 9.38. The van der Waals surface area contributed by atoms with E-state index in [-0.39, 0.29) is 22.8 Å². The largest absolute Gasteiger partial charge is 0.374 e. The predicted octanol–water partition coefficient (Wildman–Crippen LogP) is 15.6. The molecule has 1 aliphatic heterocycles. The SMILES string of the molecule is CC12C=CC=CC13Cc1c(ccc4c1C2(c1ccccc1)c1c-4c2ccccc2c2ccccc12)-c1ccccc1C3Cc1cccc(C2C=C(c3ccccc3)c3ccccc3N2)c1. The first-order chi connectivity index (χ1) is 32.1. The molecule has 5 aliphatic rings. The van der Waals surface area contributed by atoms with Crippen molar-refractivity contribution in [2.24, 2.45) is 10.8 Å². The number of rotatable bonds is 5. The van der Waals surface area contributed by atoms with E-state index in [0.717, 1.165) is 12.8 Å². The van der Waals surface area contributed by atoms with Gasteiger partial charge in [0.1, 0.15) is 0 Å². The van der Waals surface area contributed by atoms with Crippen LogP contribution in [-0.4, -0.2) is 0 Å². The normalized spacial score (nSPS) is 23.7. The summed E-state index contributed by atoms with van der Waals surface area (Å²) < 4.78 is 0. The van der Waals surface area contributed by atoms with Gasteiger partial charge in [-0.1, -0.05) is 219 Å². The van der Waals surface area contributed by atoms with Crippen molar-refractivity contribution in [3.63, 3.8) is 0 Å². The molecule has 0 saturated heterocycles. The summed E-state index contributed by atoms with van der Waals surface area (Å²) in [5.74, 6) is 0.163. The average Bonchev–Trinajstić information content (AvgIpc) is 3.65. The van der Waals surface area contributed by atoms with Crippen LogP contribution in [0.5, 0.6) is 0 Å². The van der Waals surface area contributed by atoms with E-state index in [1.54, 1.807) is 0 Å². The smallest absolute Gasteiger partial charge is 0.0707 e. The molecule has 0 fully saturated rings. The molecule has 308 valence electrons. The molecule has 0 amide bonds. The third kappa shape index (κ3) is 4.78. The van der Waals surface area contributed by atoms with E-state index >= 15 is 0 Å². The standard InChI is InChI=1S/C64H47N/c1-62-35-16-17-36-63(62)40-55-48(33-34-53-59-51-30-12-9-26-46(51)47-27-10-13-31-52(47)61(59)64(62,60(53)55)44-23-6-3-7-24-44)45-25-8-11-28-49(45)56(63)38-41-19-18-22-43(37-41)58-39-54(42-20-4-2-5-21-42)50-29-14-15-32-57(50)65-58/h2-37,39,56,58,65H,38,40H2,1H3. The van der Waals surface area contributed by atoms with Crippen LogP contribution in [-0.2, 0) is 18.3 Å². The minimum absolute atomic E-state index is 0.0294. The zero-order valence-electron chi connectivity index (χ0n) is 36.4. The lowest BCUT2D eigenvalue weighted by Crippen LogP contribution is -2.60. The van der Waals surface area contributed by atoms with Gasteiger partial charge in [-0.2, -0.15) is 0 Å². The Kier molecular flexibility index (Phi) is 7.68. The van der Waals surface area contributed by atoms with Crippen LogP contribution in [0, 0.1) is 10.8 Å². The van der Waals surface area contributed by atoms with Crippen LogP contribution in [0.3, 0.4) is 0 Å². The Morgan fingerprint density at radius 3 is 2.03 bits per heavy atom. The highest BCUT2D eigenvalue weighted by Gasteiger charge is 2.70. The average molecular weight is 830 g/mol. The molecule has 0 spiro atoms. The summed E-state index contributed by atoms with van der Waals surface area (Å²) >= 11 is 0. The molecule has 1 heteroatoms. The highest BCUT2D eigenvalue weighted by Crippen LogP contribution is 2.77. The topological polar surface area (TPSA) is 12.0 Å². The molecule has 5 atom stereocenters. The van der Waals surface area contributed by atoms with Crippen molar-refractivity contribution in [2.75, 3.05) is 5.32 Å². The van der Waals surface area contributed by atoms with Gasteiger partial charge >= 0.3 is 0 Å². The van der Waals surface area contributed by atoms with Crippen molar-refractivity contribution in [1.29, 1.82) is 0 Å². The Bertz CT molecular complexity index is 3550. The van der Waals surface area contributed by atoms with Crippen LogP contribution < -0.4 is 5.32 Å². The molecule has 0 aromatic heterocycles. The van der Waals surface area contributed by atoms with Crippen LogP contribution in [0.15, 0.2) is 225 Å². The maximum absolute atomic E-state index is 3.94. The molecular formula is C64H47N. The number of hydrogen-bond acceptors (Lipinski definition) is 1. The number of fused-ring (bicyclic) bond motifs is 10. The Hall–Kier alpha value is -7.48. The number of benzene rings is 9. The van der Waals surface area contributed by atoms with Crippen molar-refractivity contribution in [2.45, 2.75) is 37.1 Å². The van der Waals surface area contributed by atoms with Gasteiger partial charge in [0.15, 0.2) is 0 Å². The zero-order valence-corrected chi connectivity index (χ0v) is 36.4. The number of allylic oxidation sites excluding steroid dienone is 4. The summed E-state index contributed by atoms with van der Waals surface area (Å²) in [6.07, 6.45) is 14.4. The van der Waals surface area contributed by atoms with Gasteiger partial charge in [-0.3, -0.25) is 0 Å². The second-order valence-corrected chi connectivity index (χ2v) is 19.3. The molecule has 9 aromatic rings. The molecule has 1 heterocycles. The number of hydrogen-bond donors (Lipinski definition) is 1. The zero-order chi connectivity index (χ0) is 42.9. The fourth-order valence-electron chi connectivity index (χ4n) is 14.0. The summed E-state index contributed by atoms with van der Waals surface area (Å²) in [5.41, 5.74) is 19.3. The molecule has 0 radical (unpaired) electrons. The van der Waals surface area contributed by atoms with Crippen molar-refractivity contribution >= 4 is 32.8 Å². The highest BCUT2D eigenvalue weighted by atomic mass is 14.9. The number of nitrogens with one attached hydrogen (secondary N) is 1. The Labute approximate surface area is 381 Å². The van der Waals surface area contributed by atoms with E-state index in [4.69, 9.17) is 0 Å². The molecule has 4 aliphatic carbocycles. The van der Waals surface area contributed by atoms with Crippen LogP contribution >= 0.6 is 0 Å². The first-order valence-corrected chi connectivity index (χ1v) is 23.4. The Morgan fingerprint density at radius 1 is 0.538 bits per heavy atom. The van der Waals surface area contributed by atoms with Gasteiger partial charge in [0.25, 0.3) is 0 Å². The van der Waals surface area contributed by atoms with Gasteiger partial charge in [-0.25, -0.2) is 0 Å². The molecule has 5 unspecified atom stereocenters. The molecule has 9 aromatic carbocycles. The molecule has 14 rings (SSSR count). The van der Waals surface area contributed by atoms with Gasteiger partial charge in [0.2, 0.25) is 0 Å². The molecule has 1 nitrogen and oxygen atoms in total. The maximum atomic E-state index is 3.94. The van der Waals surface area contributed by atoms with Crippen molar-refractivity contribution in [3.05, 3.63) is 275 Å². The fraction of sp³-hybridized carbons (Fsp3) is 0.125. The summed E-state index contributed by atoms with van der Waals surface area (Å²) in [7, 11) is 0. The second-order valence-electron chi connectivity index (χ2n) is 19.3. The molecule has 1 N–H and O–H groups in total. The van der Waals surface area contributed by atoms with Gasteiger partial charge in [0, 0.05) is 22.1 Å². The van der Waals surface area contributed by atoms with Crippen LogP contribution in [0.1, 0.15) is 69.0 Å². The summed E-state index contributed by atoms with van der Waals surface area (Å²) in [6, 6.07) is 73.7. The van der Waals surface area contributed by atoms with Gasteiger partial charge < -0.3 is 5.32 Å². The van der Waals surface area contributed by atoms with Crippen molar-refractivity contribution in [3.8, 4) is 22.3 Å². The lowest BCUT2D eigenvalue weighted by molar-refractivity contribution is 0.0523. The van der Waals surface area contributed by atoms with E-state index in [2.05, 4.69) is 237 Å². The molecular weight excluding hydrogens is 783 g/mol. The second kappa shape index (κ2) is 13.5. The lowest BCUT2D eigenvalue weighted by Gasteiger charge is -2.63. The van der Waals surface area contributed by atoms with E-state index in [1.807, 2.05) is 0 Å². The minimum Gasteiger partial charge on any atom is -0.374 e. The van der Waals surface area contributed by atoms with Crippen molar-refractivity contribution < 1.29 is 0 Å². The summed E-state index contributed by atoms with van der Waals surface area (Å²) in [4.78, 5) is 0. The monoisotopic (exact) mass is 829 g/mol. The summed E-state index contributed by atoms with van der Waals surface area (Å²) in [5, 5.41) is 9.31. The van der Waals surface area contributed by atoms with E-state index in [1.165, 1.54) is 105 Å². The Balaban J connectivity index is 1.03. The fourth-order valence-corrected chi connectivity index (χ4v) is 14.0. The predicted molar refractivity (Wildman–Crippen MR) is 270 cm³/mol. The first kappa shape index (κ1) is 36.9. The van der Waals surface area contributed by atoms with Crippen LogP contribution in [0.25, 0.3) is 49.4 Å². The molecule has 4 bridgehead atoms. The van der Waals surface area contributed by atoms with Gasteiger partial charge in [-0.15, -0.1) is 0 Å². The maximum Gasteiger partial charge on any atom is 0.0707 e. The van der Waals surface area contributed by atoms with E-state index in [0.29, 0.717) is 0 Å². The number of anilines is 1. The van der Waals surface area contributed by atoms with Crippen LogP contribution in [0.2, 0.25) is 0 Å². The van der Waals surface area contributed by atoms with E-state index in [9.17, 15) is 0 Å². The summed E-state index contributed by atoms with van der Waals surface area (Å²) in [6.45, 7) is 2.65. The number of para-hydroxylation sites is 1. The quantitative estimate of drug-likeness (QED) is 0.170. The third-order valence-electron chi connectivity index (χ3n) is 16.6. The first-order valence-electron chi connectivity index (χ1n) is 23.4. The highest BCUT2D eigenvalue weighted by molar-refractivity contribution is 6.19.